The molecule has 1 unspecified atom stereocenters. The summed E-state index contributed by atoms with van der Waals surface area (Å²) in [5.74, 6) is 1.82. The van der Waals surface area contributed by atoms with E-state index in [0.717, 1.165) is 5.75 Å². The van der Waals surface area contributed by atoms with E-state index in [1.807, 2.05) is 49.4 Å². The van der Waals surface area contributed by atoms with Crippen molar-refractivity contribution in [2.75, 3.05) is 31.8 Å². The van der Waals surface area contributed by atoms with Crippen LogP contribution in [0.2, 0.25) is 0 Å². The van der Waals surface area contributed by atoms with Crippen LogP contribution in [-0.4, -0.2) is 59.5 Å². The largest absolute Gasteiger partial charge is 0.492 e. The third-order valence-electron chi connectivity index (χ3n) is 4.54. The Kier molecular flexibility index (Phi) is 6.40. The number of thioether (sulfide) groups is 1. The van der Waals surface area contributed by atoms with Gasteiger partial charge in [0, 0.05) is 18.4 Å². The zero-order valence-electron chi connectivity index (χ0n) is 15.6. The Morgan fingerprint density at radius 3 is 2.56 bits per heavy atom. The third-order valence-corrected chi connectivity index (χ3v) is 5.55. The molecule has 0 saturated carbocycles. The van der Waals surface area contributed by atoms with Crippen molar-refractivity contribution in [1.82, 2.24) is 9.80 Å². The molecule has 27 heavy (non-hydrogen) atoms. The molecule has 3 rings (SSSR count). The number of hydrogen-bond donors (Lipinski definition) is 0. The lowest BCUT2D eigenvalue weighted by atomic mass is 10.1. The summed E-state index contributed by atoms with van der Waals surface area (Å²) >= 11 is 1.61. The molecule has 0 N–H and O–H groups in total. The molecule has 1 atom stereocenters. The van der Waals surface area contributed by atoms with Crippen LogP contribution < -0.4 is 4.74 Å². The molecular formula is C21H24N2O3S. The number of ether oxygens (including phenoxy) is 1. The smallest absolute Gasteiger partial charge is 0.255 e. The number of aryl methyl sites for hydroxylation is 1. The number of nitrogens with zero attached hydrogens (tertiary/aromatic N) is 2. The Labute approximate surface area is 164 Å². The quantitative estimate of drug-likeness (QED) is 0.768. The molecule has 0 radical (unpaired) electrons. The number of hydrogen-bond acceptors (Lipinski definition) is 4. The highest BCUT2D eigenvalue weighted by molar-refractivity contribution is 7.99. The molecule has 2 aromatic carbocycles. The van der Waals surface area contributed by atoms with E-state index in [0.29, 0.717) is 30.3 Å². The standard InChI is InChI=1S/C21H24N2O3S/c1-16-8-10-18(11-9-16)26-13-12-22(2)21(25)19-14-27-15-23(19)20(24)17-6-4-3-5-7-17/h3-11,19H,12-15H2,1-2H3. The van der Waals surface area contributed by atoms with Crippen LogP contribution in [0.3, 0.4) is 0 Å². The summed E-state index contributed by atoms with van der Waals surface area (Å²) in [6, 6.07) is 16.5. The number of likely N-dealkylation sites (N-methyl/N-ethyl adjacent to an activating group) is 1. The lowest BCUT2D eigenvalue weighted by Crippen LogP contribution is -2.48. The van der Waals surface area contributed by atoms with Crippen molar-refractivity contribution in [1.29, 1.82) is 0 Å². The molecule has 5 nitrogen and oxygen atoms in total. The number of carbonyl (C=O) groups excluding carboxylic acids is 2. The monoisotopic (exact) mass is 384 g/mol. The fourth-order valence-electron chi connectivity index (χ4n) is 2.89. The molecule has 1 aliphatic rings. The Morgan fingerprint density at radius 1 is 1.15 bits per heavy atom. The van der Waals surface area contributed by atoms with Crippen LogP contribution in [0, 0.1) is 6.92 Å². The Morgan fingerprint density at radius 2 is 1.85 bits per heavy atom. The third kappa shape index (κ3) is 4.83. The van der Waals surface area contributed by atoms with Gasteiger partial charge in [-0.15, -0.1) is 11.8 Å². The van der Waals surface area contributed by atoms with Crippen LogP contribution in [0.5, 0.6) is 5.75 Å². The molecule has 1 heterocycles. The highest BCUT2D eigenvalue weighted by atomic mass is 32.2. The topological polar surface area (TPSA) is 49.9 Å². The number of rotatable bonds is 6. The molecule has 0 spiro atoms. The minimum Gasteiger partial charge on any atom is -0.492 e. The molecule has 6 heteroatoms. The van der Waals surface area contributed by atoms with Crippen LogP contribution in [0.4, 0.5) is 0 Å². The minimum absolute atomic E-state index is 0.0446. The van der Waals surface area contributed by atoms with Crippen molar-refractivity contribution in [3.05, 3.63) is 65.7 Å². The maximum absolute atomic E-state index is 12.8. The summed E-state index contributed by atoms with van der Waals surface area (Å²) in [4.78, 5) is 28.9. The summed E-state index contributed by atoms with van der Waals surface area (Å²) in [7, 11) is 1.76. The van der Waals surface area contributed by atoms with Gasteiger partial charge in [0.1, 0.15) is 18.4 Å². The van der Waals surface area contributed by atoms with Gasteiger partial charge in [-0.2, -0.15) is 0 Å². The van der Waals surface area contributed by atoms with Gasteiger partial charge >= 0.3 is 0 Å². The average Bonchev–Trinajstić information content (AvgIpc) is 3.18. The highest BCUT2D eigenvalue weighted by Gasteiger charge is 2.36. The Hall–Kier alpha value is -2.47. The summed E-state index contributed by atoms with van der Waals surface area (Å²) in [5.41, 5.74) is 1.79. The molecule has 0 aromatic heterocycles. The predicted molar refractivity (Wildman–Crippen MR) is 108 cm³/mol. The predicted octanol–water partition coefficient (Wildman–Crippen LogP) is 3.05. The van der Waals surface area contributed by atoms with E-state index in [2.05, 4.69) is 0 Å². The van der Waals surface area contributed by atoms with Gasteiger partial charge < -0.3 is 14.5 Å². The number of carbonyl (C=O) groups is 2. The summed E-state index contributed by atoms with van der Waals surface area (Å²) < 4.78 is 5.71. The van der Waals surface area contributed by atoms with Crippen molar-refractivity contribution in [3.63, 3.8) is 0 Å². The maximum Gasteiger partial charge on any atom is 0.255 e. The lowest BCUT2D eigenvalue weighted by Gasteiger charge is -2.27. The van der Waals surface area contributed by atoms with Gasteiger partial charge in [-0.25, -0.2) is 0 Å². The average molecular weight is 385 g/mol. The van der Waals surface area contributed by atoms with E-state index >= 15 is 0 Å². The maximum atomic E-state index is 12.8. The fraction of sp³-hybridized carbons (Fsp3) is 0.333. The van der Waals surface area contributed by atoms with Gasteiger partial charge in [0.25, 0.3) is 5.91 Å². The second-order valence-electron chi connectivity index (χ2n) is 6.58. The van der Waals surface area contributed by atoms with Crippen LogP contribution in [0.15, 0.2) is 54.6 Å². The molecular weight excluding hydrogens is 360 g/mol. The molecule has 0 aliphatic carbocycles. The van der Waals surface area contributed by atoms with E-state index in [4.69, 9.17) is 4.74 Å². The summed E-state index contributed by atoms with van der Waals surface area (Å²) in [5, 5.41) is 0. The van der Waals surface area contributed by atoms with Crippen molar-refractivity contribution in [3.8, 4) is 5.75 Å². The van der Waals surface area contributed by atoms with E-state index in [1.165, 1.54) is 5.56 Å². The van der Waals surface area contributed by atoms with Gasteiger partial charge in [0.15, 0.2) is 0 Å². The SMILES string of the molecule is Cc1ccc(OCCN(C)C(=O)C2CSCN2C(=O)c2ccccc2)cc1. The van der Waals surface area contributed by atoms with Gasteiger partial charge in [-0.1, -0.05) is 35.9 Å². The van der Waals surface area contributed by atoms with E-state index in [9.17, 15) is 9.59 Å². The molecule has 142 valence electrons. The molecule has 1 saturated heterocycles. The molecule has 0 bridgehead atoms. The van der Waals surface area contributed by atoms with Crippen molar-refractivity contribution in [2.24, 2.45) is 0 Å². The van der Waals surface area contributed by atoms with Crippen molar-refractivity contribution in [2.45, 2.75) is 13.0 Å². The van der Waals surface area contributed by atoms with E-state index in [-0.39, 0.29) is 11.8 Å². The normalized spacial score (nSPS) is 16.2. The molecule has 1 aliphatic heterocycles. The van der Waals surface area contributed by atoms with Crippen molar-refractivity contribution >= 4 is 23.6 Å². The zero-order valence-corrected chi connectivity index (χ0v) is 16.4. The Balaban J connectivity index is 1.55. The molecule has 2 amide bonds. The Bertz CT molecular complexity index is 780. The van der Waals surface area contributed by atoms with Crippen LogP contribution in [-0.2, 0) is 4.79 Å². The van der Waals surface area contributed by atoms with Gasteiger partial charge in [0.05, 0.1) is 12.4 Å². The van der Waals surface area contributed by atoms with Gasteiger partial charge in [0.2, 0.25) is 5.91 Å². The first-order valence-electron chi connectivity index (χ1n) is 8.94. The van der Waals surface area contributed by atoms with Crippen LogP contribution >= 0.6 is 11.8 Å². The first kappa shape index (κ1) is 19.3. The summed E-state index contributed by atoms with van der Waals surface area (Å²) in [6.45, 7) is 2.91. The van der Waals surface area contributed by atoms with Crippen LogP contribution in [0.25, 0.3) is 0 Å². The summed E-state index contributed by atoms with van der Waals surface area (Å²) in [6.07, 6.45) is 0. The zero-order chi connectivity index (χ0) is 19.2. The second-order valence-corrected chi connectivity index (χ2v) is 7.58. The van der Waals surface area contributed by atoms with E-state index in [1.54, 1.807) is 40.7 Å². The fourth-order valence-corrected chi connectivity index (χ4v) is 4.04. The van der Waals surface area contributed by atoms with Crippen LogP contribution in [0.1, 0.15) is 15.9 Å². The first-order valence-corrected chi connectivity index (χ1v) is 10.1. The molecule has 2 aromatic rings. The number of amides is 2. The minimum atomic E-state index is -0.424. The second kappa shape index (κ2) is 8.95. The first-order chi connectivity index (χ1) is 13.1. The van der Waals surface area contributed by atoms with Gasteiger partial charge in [-0.3, -0.25) is 9.59 Å². The number of benzene rings is 2. The lowest BCUT2D eigenvalue weighted by molar-refractivity contribution is -0.133. The van der Waals surface area contributed by atoms with Crippen molar-refractivity contribution < 1.29 is 14.3 Å². The van der Waals surface area contributed by atoms with Gasteiger partial charge in [-0.05, 0) is 31.2 Å². The molecule has 1 fully saturated rings. The highest BCUT2D eigenvalue weighted by Crippen LogP contribution is 2.24. The van der Waals surface area contributed by atoms with E-state index < -0.39 is 6.04 Å².